The number of carbonyl (C=O) groups is 1. The van der Waals surface area contributed by atoms with Gasteiger partial charge in [-0.25, -0.2) is 4.79 Å². The van der Waals surface area contributed by atoms with Gasteiger partial charge in [-0.3, -0.25) is 4.98 Å². The van der Waals surface area contributed by atoms with Gasteiger partial charge in [-0.2, -0.15) is 0 Å². The molecule has 0 atom stereocenters. The number of aromatic nitrogens is 1. The molecule has 0 amide bonds. The average Bonchev–Trinajstić information content (AvgIpc) is 2.41. The van der Waals surface area contributed by atoms with E-state index < -0.39 is 5.97 Å². The van der Waals surface area contributed by atoms with Gasteiger partial charge in [0.1, 0.15) is 0 Å². The van der Waals surface area contributed by atoms with Gasteiger partial charge in [-0.05, 0) is 12.1 Å². The summed E-state index contributed by atoms with van der Waals surface area (Å²) in [7, 11) is 0. The predicted octanol–water partition coefficient (Wildman–Crippen LogP) is 5.43. The van der Waals surface area contributed by atoms with E-state index in [0.717, 1.165) is 11.4 Å². The van der Waals surface area contributed by atoms with Gasteiger partial charge >= 0.3 is 5.97 Å². The summed E-state index contributed by atoms with van der Waals surface area (Å²) in [6, 6.07) is 3.33. The highest BCUT2D eigenvalue weighted by Gasteiger charge is 2.23. The number of carboxylic acid groups (broad SMARTS) is 1. The quantitative estimate of drug-likeness (QED) is 0.751. The summed E-state index contributed by atoms with van der Waals surface area (Å²) in [4.78, 5) is 15.7. The summed E-state index contributed by atoms with van der Waals surface area (Å²) in [6.45, 7) is 20.2. The molecule has 3 nitrogen and oxygen atoms in total. The van der Waals surface area contributed by atoms with Crippen LogP contribution in [0.2, 0.25) is 0 Å². The van der Waals surface area contributed by atoms with Crippen molar-refractivity contribution in [3.05, 3.63) is 29.1 Å². The molecule has 1 N–H and O–H groups in total. The van der Waals surface area contributed by atoms with E-state index in [4.69, 9.17) is 5.11 Å². The van der Waals surface area contributed by atoms with Crippen LogP contribution in [0.25, 0.3) is 0 Å². The molecule has 0 aliphatic carbocycles. The molecule has 3 heteroatoms. The number of pyridine rings is 1. The molecule has 0 spiro atoms. The van der Waals surface area contributed by atoms with Crippen LogP contribution in [0.3, 0.4) is 0 Å². The van der Waals surface area contributed by atoms with Crippen molar-refractivity contribution >= 4 is 5.97 Å². The Hall–Kier alpha value is -1.38. The molecule has 1 aromatic rings. The van der Waals surface area contributed by atoms with Gasteiger partial charge in [0.2, 0.25) is 0 Å². The molecule has 0 aliphatic rings. The van der Waals surface area contributed by atoms with Crippen LogP contribution in [0.4, 0.5) is 0 Å². The molecule has 0 fully saturated rings. The fourth-order valence-corrected chi connectivity index (χ4v) is 1.42. The fourth-order valence-electron chi connectivity index (χ4n) is 1.42. The summed E-state index contributed by atoms with van der Waals surface area (Å²) in [6.07, 6.45) is 0. The van der Waals surface area contributed by atoms with Gasteiger partial charge in [-0.15, -0.1) is 0 Å². The number of nitrogens with zero attached hydrogens (tertiary/aromatic N) is 1. The van der Waals surface area contributed by atoms with Crippen LogP contribution in [-0.4, -0.2) is 16.1 Å². The lowest BCUT2D eigenvalue weighted by Gasteiger charge is -2.24. The molecule has 1 aromatic heterocycles. The normalized spacial score (nSPS) is 10.8. The number of rotatable bonds is 1. The maximum Gasteiger partial charge on any atom is 0.335 e. The van der Waals surface area contributed by atoms with Crippen molar-refractivity contribution < 1.29 is 9.90 Å². The summed E-state index contributed by atoms with van der Waals surface area (Å²) in [5.74, 6) is -0.900. The molecule has 122 valence electrons. The first kappa shape index (κ1) is 21.9. The monoisotopic (exact) mass is 295 g/mol. The van der Waals surface area contributed by atoms with Crippen molar-refractivity contribution in [2.75, 3.05) is 0 Å². The Morgan fingerprint density at radius 2 is 1.14 bits per heavy atom. The third-order valence-corrected chi connectivity index (χ3v) is 2.61. The highest BCUT2D eigenvalue weighted by atomic mass is 16.4. The largest absolute Gasteiger partial charge is 0.478 e. The zero-order valence-corrected chi connectivity index (χ0v) is 15.5. The molecule has 0 saturated carbocycles. The third-order valence-electron chi connectivity index (χ3n) is 2.61. The van der Waals surface area contributed by atoms with Crippen LogP contribution in [0.5, 0.6) is 0 Å². The maximum atomic E-state index is 11.1. The summed E-state index contributed by atoms with van der Waals surface area (Å²) in [5.41, 5.74) is 1.66. The first-order valence-corrected chi connectivity index (χ1v) is 7.78. The van der Waals surface area contributed by atoms with Gasteiger partial charge in [0.25, 0.3) is 0 Å². The van der Waals surface area contributed by atoms with Crippen LogP contribution in [0.1, 0.15) is 91.0 Å². The van der Waals surface area contributed by atoms with Crippen LogP contribution in [-0.2, 0) is 10.8 Å². The van der Waals surface area contributed by atoms with Gasteiger partial charge in [-0.1, -0.05) is 69.2 Å². The number of carboxylic acids is 1. The Morgan fingerprint density at radius 1 is 0.857 bits per heavy atom. The van der Waals surface area contributed by atoms with Crippen molar-refractivity contribution in [1.29, 1.82) is 0 Å². The SMILES string of the molecule is CC.CC.CC(C)(C)c1cc(C(=O)O)cc(C(C)(C)C)n1. The van der Waals surface area contributed by atoms with E-state index in [9.17, 15) is 4.79 Å². The number of hydrogen-bond donors (Lipinski definition) is 1. The highest BCUT2D eigenvalue weighted by molar-refractivity contribution is 5.87. The Balaban J connectivity index is 0. The molecule has 1 rings (SSSR count). The molecule has 1 heterocycles. The predicted molar refractivity (Wildman–Crippen MR) is 91.3 cm³/mol. The van der Waals surface area contributed by atoms with Gasteiger partial charge in [0.15, 0.2) is 0 Å². The topological polar surface area (TPSA) is 50.2 Å². The standard InChI is InChI=1S/C14H21NO2.2C2H6/c1-13(2,3)10-7-9(12(16)17)8-11(15-10)14(4,5)6;2*1-2/h7-8H,1-6H3,(H,16,17);2*1-2H3. The first-order valence-electron chi connectivity index (χ1n) is 7.78. The van der Waals surface area contributed by atoms with E-state index in [0.29, 0.717) is 5.56 Å². The fraction of sp³-hybridized carbons (Fsp3) is 0.667. The second-order valence-corrected chi connectivity index (χ2v) is 6.43. The summed E-state index contributed by atoms with van der Waals surface area (Å²) >= 11 is 0. The van der Waals surface area contributed by atoms with Crippen molar-refractivity contribution in [2.45, 2.75) is 80.1 Å². The van der Waals surface area contributed by atoms with Crippen LogP contribution < -0.4 is 0 Å². The minimum absolute atomic E-state index is 0.147. The van der Waals surface area contributed by atoms with Gasteiger partial charge in [0.05, 0.1) is 5.56 Å². The van der Waals surface area contributed by atoms with E-state index in [-0.39, 0.29) is 10.8 Å². The third kappa shape index (κ3) is 7.26. The lowest BCUT2D eigenvalue weighted by atomic mass is 9.86. The Morgan fingerprint density at radius 3 is 1.33 bits per heavy atom. The molecule has 0 radical (unpaired) electrons. The van der Waals surface area contributed by atoms with Crippen molar-refractivity contribution in [1.82, 2.24) is 4.98 Å². The molecular weight excluding hydrogens is 262 g/mol. The second kappa shape index (κ2) is 8.81. The average molecular weight is 295 g/mol. The van der Waals surface area contributed by atoms with Crippen LogP contribution >= 0.6 is 0 Å². The highest BCUT2D eigenvalue weighted by Crippen LogP contribution is 2.27. The Labute approximate surface area is 130 Å². The van der Waals surface area contributed by atoms with Crippen molar-refractivity contribution in [2.24, 2.45) is 0 Å². The maximum absolute atomic E-state index is 11.1. The zero-order chi connectivity index (χ0) is 17.4. The molecule has 0 aliphatic heterocycles. The molecule has 0 aromatic carbocycles. The first-order chi connectivity index (χ1) is 9.51. The van der Waals surface area contributed by atoms with E-state index in [1.165, 1.54) is 0 Å². The van der Waals surface area contributed by atoms with Crippen LogP contribution in [0.15, 0.2) is 12.1 Å². The molecule has 0 saturated heterocycles. The molecule has 21 heavy (non-hydrogen) atoms. The summed E-state index contributed by atoms with van der Waals surface area (Å²) < 4.78 is 0. The van der Waals surface area contributed by atoms with E-state index in [1.54, 1.807) is 12.1 Å². The smallest absolute Gasteiger partial charge is 0.335 e. The van der Waals surface area contributed by atoms with E-state index in [2.05, 4.69) is 4.98 Å². The van der Waals surface area contributed by atoms with Gasteiger partial charge < -0.3 is 5.11 Å². The lowest BCUT2D eigenvalue weighted by molar-refractivity contribution is 0.0696. The van der Waals surface area contributed by atoms with Crippen molar-refractivity contribution in [3.8, 4) is 0 Å². The lowest BCUT2D eigenvalue weighted by Crippen LogP contribution is -2.21. The van der Waals surface area contributed by atoms with E-state index >= 15 is 0 Å². The van der Waals surface area contributed by atoms with Crippen LogP contribution in [0, 0.1) is 0 Å². The van der Waals surface area contributed by atoms with Crippen molar-refractivity contribution in [3.63, 3.8) is 0 Å². The Bertz CT molecular complexity index is 405. The number of hydrogen-bond acceptors (Lipinski definition) is 2. The minimum atomic E-state index is -0.900. The second-order valence-electron chi connectivity index (χ2n) is 6.43. The summed E-state index contributed by atoms with van der Waals surface area (Å²) in [5, 5.41) is 9.14. The van der Waals surface area contributed by atoms with Gasteiger partial charge in [0, 0.05) is 22.2 Å². The zero-order valence-electron chi connectivity index (χ0n) is 15.5. The minimum Gasteiger partial charge on any atom is -0.478 e. The molecular formula is C18H33NO2. The van der Waals surface area contributed by atoms with E-state index in [1.807, 2.05) is 69.2 Å². The molecule has 0 unspecified atom stereocenters. The molecule has 0 bridgehead atoms. The Kier molecular flexibility index (Phi) is 9.19. The number of aromatic carboxylic acids is 1.